The number of rotatable bonds is 2. The molecule has 3 heteroatoms. The monoisotopic (exact) mass is 230 g/mol. The molecule has 3 nitrogen and oxygen atoms in total. The Morgan fingerprint density at radius 2 is 2.35 bits per heavy atom. The van der Waals surface area contributed by atoms with E-state index >= 15 is 0 Å². The molecule has 0 atom stereocenters. The zero-order valence-corrected chi connectivity index (χ0v) is 10.2. The second kappa shape index (κ2) is 4.08. The minimum absolute atomic E-state index is 0.691. The molecular formula is C14H18N2O. The minimum Gasteiger partial charge on any atom is -0.493 e. The molecule has 3 rings (SSSR count). The van der Waals surface area contributed by atoms with Gasteiger partial charge in [-0.25, -0.2) is 0 Å². The second-order valence-corrected chi connectivity index (χ2v) is 4.72. The molecule has 3 N–H and O–H groups in total. The van der Waals surface area contributed by atoms with E-state index < -0.39 is 0 Å². The van der Waals surface area contributed by atoms with Crippen molar-refractivity contribution in [2.24, 2.45) is 5.73 Å². The van der Waals surface area contributed by atoms with E-state index in [0.717, 1.165) is 31.6 Å². The van der Waals surface area contributed by atoms with Gasteiger partial charge in [-0.2, -0.15) is 0 Å². The molecule has 90 valence electrons. The molecule has 0 saturated heterocycles. The highest BCUT2D eigenvalue weighted by atomic mass is 16.5. The molecule has 0 unspecified atom stereocenters. The van der Waals surface area contributed by atoms with E-state index in [0.29, 0.717) is 6.54 Å². The first-order valence-electron chi connectivity index (χ1n) is 6.26. The largest absolute Gasteiger partial charge is 0.493 e. The normalized spacial score (nSPS) is 14.7. The molecule has 1 aliphatic heterocycles. The molecule has 0 aliphatic carbocycles. The number of hydrogen-bond acceptors (Lipinski definition) is 2. The summed E-state index contributed by atoms with van der Waals surface area (Å²) in [7, 11) is 0. The maximum Gasteiger partial charge on any atom is 0.123 e. The van der Waals surface area contributed by atoms with Crippen LogP contribution in [0.15, 0.2) is 12.3 Å². The van der Waals surface area contributed by atoms with Gasteiger partial charge in [0.2, 0.25) is 0 Å². The third kappa shape index (κ3) is 1.62. The molecule has 0 saturated carbocycles. The Kier molecular flexibility index (Phi) is 2.56. The predicted molar refractivity (Wildman–Crippen MR) is 69.6 cm³/mol. The van der Waals surface area contributed by atoms with Crippen LogP contribution in [0.2, 0.25) is 0 Å². The molecule has 0 spiro atoms. The van der Waals surface area contributed by atoms with Crippen molar-refractivity contribution in [2.75, 3.05) is 13.2 Å². The molecule has 0 bridgehead atoms. The highest BCUT2D eigenvalue weighted by Crippen LogP contribution is 2.36. The van der Waals surface area contributed by atoms with Crippen molar-refractivity contribution >= 4 is 10.9 Å². The summed E-state index contributed by atoms with van der Waals surface area (Å²) < 4.78 is 5.77. The summed E-state index contributed by atoms with van der Waals surface area (Å²) in [5.41, 5.74) is 10.9. The van der Waals surface area contributed by atoms with Gasteiger partial charge >= 0.3 is 0 Å². The summed E-state index contributed by atoms with van der Waals surface area (Å²) in [6.07, 6.45) is 5.25. The minimum atomic E-state index is 0.691. The fourth-order valence-corrected chi connectivity index (χ4v) is 2.76. The maximum absolute atomic E-state index is 5.77. The van der Waals surface area contributed by atoms with Gasteiger partial charge in [-0.05, 0) is 49.9 Å². The zero-order chi connectivity index (χ0) is 11.8. The third-order valence-electron chi connectivity index (χ3n) is 3.55. The molecule has 0 radical (unpaired) electrons. The van der Waals surface area contributed by atoms with E-state index in [2.05, 4.69) is 24.2 Å². The smallest absolute Gasteiger partial charge is 0.123 e. The average molecular weight is 230 g/mol. The number of aryl methyl sites for hydroxylation is 2. The van der Waals surface area contributed by atoms with Crippen LogP contribution >= 0.6 is 0 Å². The number of hydrogen-bond donors (Lipinski definition) is 2. The first-order valence-corrected chi connectivity index (χ1v) is 6.26. The lowest BCUT2D eigenvalue weighted by atomic mass is 9.96. The Hall–Kier alpha value is -1.48. The van der Waals surface area contributed by atoms with Gasteiger partial charge in [-0.3, -0.25) is 0 Å². The van der Waals surface area contributed by atoms with Crippen LogP contribution in [0.5, 0.6) is 5.75 Å². The number of nitrogens with one attached hydrogen (secondary N) is 1. The molecule has 0 amide bonds. The van der Waals surface area contributed by atoms with Gasteiger partial charge in [0.15, 0.2) is 0 Å². The lowest BCUT2D eigenvalue weighted by Gasteiger charge is -2.19. The van der Waals surface area contributed by atoms with Crippen molar-refractivity contribution in [3.8, 4) is 5.75 Å². The Labute approximate surface area is 101 Å². The van der Waals surface area contributed by atoms with Crippen LogP contribution in [0, 0.1) is 6.92 Å². The van der Waals surface area contributed by atoms with Crippen molar-refractivity contribution in [1.29, 1.82) is 0 Å². The SMILES string of the molecule is Cc1cc2c(c3c(CCN)c[nH]c13)CCCO2. The van der Waals surface area contributed by atoms with Crippen molar-refractivity contribution in [2.45, 2.75) is 26.2 Å². The van der Waals surface area contributed by atoms with Crippen molar-refractivity contribution in [3.05, 3.63) is 29.0 Å². The fourth-order valence-electron chi connectivity index (χ4n) is 2.76. The van der Waals surface area contributed by atoms with Crippen molar-refractivity contribution < 1.29 is 4.74 Å². The molecular weight excluding hydrogens is 212 g/mol. The topological polar surface area (TPSA) is 51.0 Å². The van der Waals surface area contributed by atoms with Crippen LogP contribution in [0.4, 0.5) is 0 Å². The van der Waals surface area contributed by atoms with E-state index in [-0.39, 0.29) is 0 Å². The van der Waals surface area contributed by atoms with Crippen LogP contribution in [0.25, 0.3) is 10.9 Å². The summed E-state index contributed by atoms with van der Waals surface area (Å²) in [4.78, 5) is 3.38. The van der Waals surface area contributed by atoms with Gasteiger partial charge in [0.1, 0.15) is 5.75 Å². The Balaban J connectivity index is 2.29. The first kappa shape index (κ1) is 10.7. The van der Waals surface area contributed by atoms with Crippen LogP contribution in [-0.4, -0.2) is 18.1 Å². The summed E-state index contributed by atoms with van der Waals surface area (Å²) in [6.45, 7) is 3.66. The van der Waals surface area contributed by atoms with Crippen LogP contribution < -0.4 is 10.5 Å². The van der Waals surface area contributed by atoms with Gasteiger partial charge in [-0.1, -0.05) is 0 Å². The number of H-pyrrole nitrogens is 1. The van der Waals surface area contributed by atoms with Crippen molar-refractivity contribution in [1.82, 2.24) is 4.98 Å². The van der Waals surface area contributed by atoms with E-state index in [1.165, 1.54) is 27.6 Å². The summed E-state index contributed by atoms with van der Waals surface area (Å²) in [5.74, 6) is 1.07. The maximum atomic E-state index is 5.77. The quantitative estimate of drug-likeness (QED) is 0.831. The fraction of sp³-hybridized carbons (Fsp3) is 0.429. The van der Waals surface area contributed by atoms with Gasteiger partial charge in [-0.15, -0.1) is 0 Å². The van der Waals surface area contributed by atoms with E-state index in [9.17, 15) is 0 Å². The van der Waals surface area contributed by atoms with Crippen LogP contribution in [-0.2, 0) is 12.8 Å². The molecule has 1 aromatic heterocycles. The number of aromatic nitrogens is 1. The lowest BCUT2D eigenvalue weighted by Crippen LogP contribution is -2.10. The molecule has 17 heavy (non-hydrogen) atoms. The highest BCUT2D eigenvalue weighted by molar-refractivity contribution is 5.91. The summed E-state index contributed by atoms with van der Waals surface area (Å²) in [5, 5.41) is 1.35. The number of aromatic amines is 1. The predicted octanol–water partition coefficient (Wildman–Crippen LogP) is 2.30. The Morgan fingerprint density at radius 1 is 1.47 bits per heavy atom. The van der Waals surface area contributed by atoms with Gasteiger partial charge < -0.3 is 15.5 Å². The van der Waals surface area contributed by atoms with E-state index in [4.69, 9.17) is 10.5 Å². The van der Waals surface area contributed by atoms with Crippen LogP contribution in [0.3, 0.4) is 0 Å². The summed E-state index contributed by atoms with van der Waals surface area (Å²) in [6, 6.07) is 2.15. The van der Waals surface area contributed by atoms with Gasteiger partial charge in [0, 0.05) is 22.7 Å². The first-order chi connectivity index (χ1) is 8.31. The second-order valence-electron chi connectivity index (χ2n) is 4.72. The molecule has 2 heterocycles. The number of benzene rings is 1. The lowest BCUT2D eigenvalue weighted by molar-refractivity contribution is 0.289. The van der Waals surface area contributed by atoms with Gasteiger partial charge in [0.25, 0.3) is 0 Å². The molecule has 2 aromatic rings. The van der Waals surface area contributed by atoms with Gasteiger partial charge in [0.05, 0.1) is 6.61 Å². The Bertz CT molecular complexity index is 557. The molecule has 0 fully saturated rings. The van der Waals surface area contributed by atoms with Crippen molar-refractivity contribution in [3.63, 3.8) is 0 Å². The highest BCUT2D eigenvalue weighted by Gasteiger charge is 2.18. The third-order valence-corrected chi connectivity index (χ3v) is 3.55. The van der Waals surface area contributed by atoms with E-state index in [1.807, 2.05) is 0 Å². The number of fused-ring (bicyclic) bond motifs is 3. The number of nitrogens with two attached hydrogens (primary N) is 1. The molecule has 1 aliphatic rings. The number of ether oxygens (including phenoxy) is 1. The average Bonchev–Trinajstić information content (AvgIpc) is 2.75. The zero-order valence-electron chi connectivity index (χ0n) is 10.2. The van der Waals surface area contributed by atoms with E-state index in [1.54, 1.807) is 0 Å². The summed E-state index contributed by atoms with van der Waals surface area (Å²) >= 11 is 0. The molecule has 1 aromatic carbocycles. The standard InChI is InChI=1S/C14H18N2O/c1-9-7-12-11(3-2-6-17-12)13-10(4-5-15)8-16-14(9)13/h7-8,16H,2-6,15H2,1H3. The Morgan fingerprint density at radius 3 is 3.18 bits per heavy atom. The van der Waals surface area contributed by atoms with Crippen LogP contribution in [0.1, 0.15) is 23.1 Å².